The number of fused-ring (bicyclic) bond motifs is 1. The molecule has 0 bridgehead atoms. The lowest BCUT2D eigenvalue weighted by atomic mass is 9.97. The van der Waals surface area contributed by atoms with Crippen molar-refractivity contribution in [3.8, 4) is 11.5 Å². The third-order valence-corrected chi connectivity index (χ3v) is 11.1. The standard InChI is InChI=1S/C21H17Br2Cl2N3O6S2/c1-33-20-15(22)5-12(24)7-18(20)35(29,30)28(14-4-3-11-10-26-27-17(11)9-14)36(31,32)19-8-13(25)6-16(23)21(19)34-2/h3-11,17,27H,1-2H3. The Labute approximate surface area is 235 Å². The van der Waals surface area contributed by atoms with Crippen LogP contribution in [0.1, 0.15) is 0 Å². The number of ether oxygens (including phenoxy) is 2. The summed E-state index contributed by atoms with van der Waals surface area (Å²) < 4.78 is 68.0. The van der Waals surface area contributed by atoms with Crippen LogP contribution in [-0.4, -0.2) is 47.0 Å². The SMILES string of the molecule is COc1c(Br)cc(Cl)cc1S(=O)(=O)N(C1=CC2NN=CC2C=C1)S(=O)(=O)c1cc(Cl)cc(Br)c1OC. The van der Waals surface area contributed by atoms with Gasteiger partial charge in [0.15, 0.2) is 11.5 Å². The van der Waals surface area contributed by atoms with Crippen molar-refractivity contribution in [2.24, 2.45) is 11.0 Å². The van der Waals surface area contributed by atoms with E-state index in [1.54, 1.807) is 12.3 Å². The highest BCUT2D eigenvalue weighted by molar-refractivity contribution is 9.11. The van der Waals surface area contributed by atoms with Gasteiger partial charge in [0, 0.05) is 22.2 Å². The molecule has 1 aliphatic carbocycles. The van der Waals surface area contributed by atoms with Gasteiger partial charge in [-0.3, -0.25) is 0 Å². The lowest BCUT2D eigenvalue weighted by Crippen LogP contribution is -2.39. The lowest BCUT2D eigenvalue weighted by Gasteiger charge is -2.29. The van der Waals surface area contributed by atoms with Gasteiger partial charge in [-0.05, 0) is 68.3 Å². The van der Waals surface area contributed by atoms with Gasteiger partial charge in [-0.25, -0.2) is 0 Å². The quantitative estimate of drug-likeness (QED) is 0.435. The fraction of sp³-hybridized carbons (Fsp3) is 0.190. The second-order valence-electron chi connectivity index (χ2n) is 7.51. The fourth-order valence-electron chi connectivity index (χ4n) is 3.72. The summed E-state index contributed by atoms with van der Waals surface area (Å²) in [6.07, 6.45) is 6.14. The molecule has 1 N–H and O–H groups in total. The minimum Gasteiger partial charge on any atom is -0.494 e. The molecule has 2 aromatic carbocycles. The van der Waals surface area contributed by atoms with Crippen molar-refractivity contribution in [2.75, 3.05) is 14.2 Å². The summed E-state index contributed by atoms with van der Waals surface area (Å²) >= 11 is 18.8. The van der Waals surface area contributed by atoms with Crippen LogP contribution in [0.2, 0.25) is 10.0 Å². The summed E-state index contributed by atoms with van der Waals surface area (Å²) in [7, 11) is -7.23. The van der Waals surface area contributed by atoms with E-state index in [4.69, 9.17) is 32.7 Å². The third kappa shape index (κ3) is 4.76. The predicted molar refractivity (Wildman–Crippen MR) is 144 cm³/mol. The molecule has 1 heterocycles. The monoisotopic (exact) mass is 699 g/mol. The van der Waals surface area contributed by atoms with Crippen LogP contribution in [0.4, 0.5) is 0 Å². The highest BCUT2D eigenvalue weighted by Gasteiger charge is 2.43. The molecule has 0 amide bonds. The van der Waals surface area contributed by atoms with Gasteiger partial charge in [-0.15, -0.1) is 0 Å². The largest absolute Gasteiger partial charge is 0.494 e. The number of nitrogens with zero attached hydrogens (tertiary/aromatic N) is 2. The maximum atomic E-state index is 14.2. The summed E-state index contributed by atoms with van der Waals surface area (Å²) in [4.78, 5) is -0.944. The minimum absolute atomic E-state index is 0.0424. The first-order chi connectivity index (χ1) is 16.9. The molecule has 9 nitrogen and oxygen atoms in total. The molecule has 0 aromatic heterocycles. The maximum absolute atomic E-state index is 14.2. The molecule has 2 aromatic rings. The van der Waals surface area contributed by atoms with Gasteiger partial charge < -0.3 is 14.9 Å². The number of allylic oxidation sites excluding steroid dienone is 1. The Bertz CT molecular complexity index is 1460. The van der Waals surface area contributed by atoms with Gasteiger partial charge in [0.1, 0.15) is 9.79 Å². The van der Waals surface area contributed by atoms with E-state index < -0.39 is 35.9 Å². The molecule has 0 saturated heterocycles. The molecular formula is C21H17Br2Cl2N3O6S2. The van der Waals surface area contributed by atoms with Crippen LogP contribution in [0.3, 0.4) is 0 Å². The number of hydrogen-bond donors (Lipinski definition) is 1. The van der Waals surface area contributed by atoms with Crippen LogP contribution in [0.15, 0.2) is 72.0 Å². The molecule has 192 valence electrons. The summed E-state index contributed by atoms with van der Waals surface area (Å²) in [5.41, 5.74) is 2.68. The first-order valence-electron chi connectivity index (χ1n) is 9.97. The smallest absolute Gasteiger partial charge is 0.281 e. The zero-order valence-corrected chi connectivity index (χ0v) is 24.8. The van der Waals surface area contributed by atoms with Crippen LogP contribution in [0.25, 0.3) is 0 Å². The van der Waals surface area contributed by atoms with E-state index in [0.29, 0.717) is 3.71 Å². The molecule has 4 rings (SSSR count). The molecule has 15 heteroatoms. The van der Waals surface area contributed by atoms with E-state index in [1.165, 1.54) is 38.5 Å². The van der Waals surface area contributed by atoms with Gasteiger partial charge in [-0.1, -0.05) is 29.3 Å². The summed E-state index contributed by atoms with van der Waals surface area (Å²) in [6, 6.07) is 4.62. The maximum Gasteiger partial charge on any atom is 0.281 e. The Balaban J connectivity index is 2.03. The van der Waals surface area contributed by atoms with E-state index in [1.807, 2.05) is 0 Å². The molecule has 0 fully saturated rings. The second-order valence-corrected chi connectivity index (χ2v) is 13.8. The van der Waals surface area contributed by atoms with E-state index in [-0.39, 0.29) is 42.1 Å². The van der Waals surface area contributed by atoms with Gasteiger partial charge in [0.25, 0.3) is 20.0 Å². The van der Waals surface area contributed by atoms with Gasteiger partial charge in [-0.2, -0.15) is 25.6 Å². The Morgan fingerprint density at radius 3 is 1.89 bits per heavy atom. The number of sulfonamides is 2. The van der Waals surface area contributed by atoms with Crippen molar-refractivity contribution in [1.82, 2.24) is 9.14 Å². The number of rotatable bonds is 7. The molecular weight excluding hydrogens is 685 g/mol. The number of hydrazone groups is 1. The van der Waals surface area contributed by atoms with Crippen molar-refractivity contribution in [3.63, 3.8) is 0 Å². The summed E-state index contributed by atoms with van der Waals surface area (Å²) in [5, 5.41) is 4.07. The van der Waals surface area contributed by atoms with E-state index >= 15 is 0 Å². The number of methoxy groups -OCH3 is 2. The Kier molecular flexibility index (Phi) is 7.71. The van der Waals surface area contributed by atoms with Crippen molar-refractivity contribution >= 4 is 81.3 Å². The zero-order chi connectivity index (χ0) is 26.4. The number of halogens is 4. The summed E-state index contributed by atoms with van der Waals surface area (Å²) in [5.74, 6) is -0.426. The van der Waals surface area contributed by atoms with E-state index in [9.17, 15) is 16.8 Å². The topological polar surface area (TPSA) is 114 Å². The molecule has 36 heavy (non-hydrogen) atoms. The van der Waals surface area contributed by atoms with E-state index in [2.05, 4.69) is 42.4 Å². The molecule has 0 radical (unpaired) electrons. The van der Waals surface area contributed by atoms with Crippen molar-refractivity contribution < 1.29 is 26.3 Å². The van der Waals surface area contributed by atoms with Crippen LogP contribution >= 0.6 is 55.1 Å². The number of nitrogens with one attached hydrogen (secondary N) is 1. The van der Waals surface area contributed by atoms with Crippen molar-refractivity contribution in [3.05, 3.63) is 67.2 Å². The Hall–Kier alpha value is -1.77. The highest BCUT2D eigenvalue weighted by Crippen LogP contribution is 2.43. The molecule has 2 atom stereocenters. The molecule has 0 spiro atoms. The first-order valence-corrected chi connectivity index (χ1v) is 15.2. The van der Waals surface area contributed by atoms with Crippen molar-refractivity contribution in [1.29, 1.82) is 0 Å². The van der Waals surface area contributed by atoms with Gasteiger partial charge in [0.05, 0.1) is 34.9 Å². The van der Waals surface area contributed by atoms with Crippen LogP contribution in [0.5, 0.6) is 11.5 Å². The van der Waals surface area contributed by atoms with Crippen LogP contribution < -0.4 is 14.9 Å². The third-order valence-electron chi connectivity index (χ3n) is 5.28. The highest BCUT2D eigenvalue weighted by atomic mass is 79.9. The first kappa shape index (κ1) is 27.3. The summed E-state index contributed by atoms with van der Waals surface area (Å²) in [6.45, 7) is 0. The Morgan fingerprint density at radius 2 is 1.42 bits per heavy atom. The average molecular weight is 702 g/mol. The molecule has 0 saturated carbocycles. The fourth-order valence-corrected chi connectivity index (χ4v) is 10.1. The van der Waals surface area contributed by atoms with Crippen LogP contribution in [-0.2, 0) is 20.0 Å². The van der Waals surface area contributed by atoms with Gasteiger partial charge >= 0.3 is 0 Å². The normalized spacial score (nSPS) is 18.9. The average Bonchev–Trinajstić information content (AvgIpc) is 3.26. The predicted octanol–water partition coefficient (Wildman–Crippen LogP) is 4.94. The van der Waals surface area contributed by atoms with E-state index in [0.717, 1.165) is 12.1 Å². The molecule has 2 aliphatic rings. The second kappa shape index (κ2) is 10.2. The molecule has 1 aliphatic heterocycles. The van der Waals surface area contributed by atoms with Crippen molar-refractivity contribution in [2.45, 2.75) is 15.8 Å². The van der Waals surface area contributed by atoms with Gasteiger partial charge in [0.2, 0.25) is 0 Å². The Morgan fingerprint density at radius 1 is 0.917 bits per heavy atom. The molecule has 2 unspecified atom stereocenters. The number of benzene rings is 2. The van der Waals surface area contributed by atoms with Crippen LogP contribution in [0, 0.1) is 5.92 Å². The zero-order valence-electron chi connectivity index (χ0n) is 18.4. The number of hydrogen-bond acceptors (Lipinski definition) is 8. The lowest BCUT2D eigenvalue weighted by molar-refractivity contribution is 0.397. The minimum atomic E-state index is -4.87.